The number of nitrogens with zero attached hydrogens (tertiary/aromatic N) is 1. The summed E-state index contributed by atoms with van der Waals surface area (Å²) in [6.07, 6.45) is 0. The number of hydrogen-bond donors (Lipinski definition) is 3. The Labute approximate surface area is 108 Å². The number of anilines is 1. The molecule has 0 bridgehead atoms. The molecule has 5 nitrogen and oxygen atoms in total. The van der Waals surface area contributed by atoms with Crippen LogP contribution in [0.25, 0.3) is 0 Å². The fourth-order valence-corrected chi connectivity index (χ4v) is 2.00. The second-order valence-corrected chi connectivity index (χ2v) is 4.77. The number of nitrogens with one attached hydrogen (secondary N) is 2. The Morgan fingerprint density at radius 3 is 2.94 bits per heavy atom. The molecule has 1 aromatic rings. The van der Waals surface area contributed by atoms with Crippen LogP contribution in [0.15, 0.2) is 27.7 Å². The van der Waals surface area contributed by atoms with E-state index in [4.69, 9.17) is 5.73 Å². The zero-order valence-electron chi connectivity index (χ0n) is 9.33. The van der Waals surface area contributed by atoms with Crippen LogP contribution in [0.3, 0.4) is 0 Å². The fourth-order valence-electron chi connectivity index (χ4n) is 1.53. The van der Waals surface area contributed by atoms with Gasteiger partial charge in [-0.15, -0.1) is 0 Å². The molecule has 1 atom stereocenters. The van der Waals surface area contributed by atoms with Gasteiger partial charge in [0.15, 0.2) is 5.96 Å². The number of amides is 1. The van der Waals surface area contributed by atoms with Crippen LogP contribution in [-0.2, 0) is 0 Å². The van der Waals surface area contributed by atoms with Crippen molar-refractivity contribution in [3.8, 4) is 0 Å². The average molecular weight is 297 g/mol. The first-order chi connectivity index (χ1) is 8.06. The molecule has 0 spiro atoms. The van der Waals surface area contributed by atoms with Gasteiger partial charge in [-0.1, -0.05) is 0 Å². The number of aliphatic imine (C=N–C) groups is 1. The van der Waals surface area contributed by atoms with Gasteiger partial charge in [0, 0.05) is 16.1 Å². The van der Waals surface area contributed by atoms with E-state index in [1.54, 1.807) is 18.2 Å². The molecule has 90 valence electrons. The van der Waals surface area contributed by atoms with Crippen LogP contribution in [0.4, 0.5) is 5.69 Å². The fraction of sp³-hybridized carbons (Fsp3) is 0.273. The third-order valence-corrected chi connectivity index (χ3v) is 3.07. The molecule has 1 aliphatic heterocycles. The molecule has 0 saturated heterocycles. The predicted molar refractivity (Wildman–Crippen MR) is 71.2 cm³/mol. The first kappa shape index (κ1) is 11.9. The summed E-state index contributed by atoms with van der Waals surface area (Å²) in [6, 6.07) is 5.50. The van der Waals surface area contributed by atoms with Gasteiger partial charge in [-0.25, -0.2) is 0 Å². The van der Waals surface area contributed by atoms with E-state index in [1.807, 2.05) is 0 Å². The zero-order chi connectivity index (χ0) is 12.4. The van der Waals surface area contributed by atoms with E-state index in [0.29, 0.717) is 11.6 Å². The third kappa shape index (κ3) is 2.76. The number of carbonyl (C=O) groups excluding carboxylic acids is 1. The van der Waals surface area contributed by atoms with Crippen LogP contribution in [-0.4, -0.2) is 24.5 Å². The van der Waals surface area contributed by atoms with Gasteiger partial charge >= 0.3 is 0 Å². The number of halogens is 1. The first-order valence-corrected chi connectivity index (χ1v) is 6.03. The number of hydrogen-bond acceptors (Lipinski definition) is 4. The topological polar surface area (TPSA) is 79.5 Å². The van der Waals surface area contributed by atoms with Crippen molar-refractivity contribution >= 4 is 33.5 Å². The lowest BCUT2D eigenvalue weighted by Gasteiger charge is -2.10. The van der Waals surface area contributed by atoms with Gasteiger partial charge in [0.25, 0.3) is 0 Å². The molecule has 0 aromatic heterocycles. The number of primary amides is 1. The quantitative estimate of drug-likeness (QED) is 0.770. The van der Waals surface area contributed by atoms with Crippen molar-refractivity contribution in [3.05, 3.63) is 28.2 Å². The molecule has 4 N–H and O–H groups in total. The van der Waals surface area contributed by atoms with E-state index in [2.05, 4.69) is 38.5 Å². The maximum atomic E-state index is 11.0. The van der Waals surface area contributed by atoms with Crippen molar-refractivity contribution in [2.45, 2.75) is 13.0 Å². The van der Waals surface area contributed by atoms with Gasteiger partial charge in [0.05, 0.1) is 12.2 Å². The molecular formula is C11H13BrN4O. The summed E-state index contributed by atoms with van der Waals surface area (Å²) in [5.74, 6) is 0.298. The summed E-state index contributed by atoms with van der Waals surface area (Å²) in [4.78, 5) is 15.3. The van der Waals surface area contributed by atoms with Crippen molar-refractivity contribution < 1.29 is 4.79 Å². The maximum absolute atomic E-state index is 11.0. The Bertz CT molecular complexity index is 486. The molecule has 1 heterocycles. The Morgan fingerprint density at radius 2 is 2.41 bits per heavy atom. The average Bonchev–Trinajstić information content (AvgIpc) is 2.67. The molecule has 0 radical (unpaired) electrons. The molecule has 1 unspecified atom stereocenters. The Balaban J connectivity index is 2.14. The van der Waals surface area contributed by atoms with E-state index in [9.17, 15) is 4.79 Å². The first-order valence-electron chi connectivity index (χ1n) is 5.23. The van der Waals surface area contributed by atoms with Crippen molar-refractivity contribution in [2.24, 2.45) is 10.7 Å². The second kappa shape index (κ2) is 4.75. The van der Waals surface area contributed by atoms with E-state index >= 15 is 0 Å². The third-order valence-electron chi connectivity index (χ3n) is 2.41. The minimum Gasteiger partial charge on any atom is -0.366 e. The van der Waals surface area contributed by atoms with Crippen molar-refractivity contribution in [1.29, 1.82) is 0 Å². The van der Waals surface area contributed by atoms with Gasteiger partial charge in [0.2, 0.25) is 5.91 Å². The largest absolute Gasteiger partial charge is 0.366 e. The highest BCUT2D eigenvalue weighted by molar-refractivity contribution is 9.10. The Morgan fingerprint density at radius 1 is 1.65 bits per heavy atom. The number of nitrogens with two attached hydrogens (primary N) is 1. The molecule has 1 aromatic carbocycles. The van der Waals surface area contributed by atoms with E-state index in [-0.39, 0.29) is 0 Å². The smallest absolute Gasteiger partial charge is 0.248 e. The SMILES string of the molecule is CC1CN=C(Nc2ccc(C(N)=O)cc2Br)N1. The van der Waals surface area contributed by atoms with Crippen LogP contribution < -0.4 is 16.4 Å². The normalized spacial score (nSPS) is 18.5. The molecule has 17 heavy (non-hydrogen) atoms. The van der Waals surface area contributed by atoms with E-state index in [1.165, 1.54) is 0 Å². The van der Waals surface area contributed by atoms with Crippen LogP contribution in [0.1, 0.15) is 17.3 Å². The lowest BCUT2D eigenvalue weighted by atomic mass is 10.2. The lowest BCUT2D eigenvalue weighted by Crippen LogP contribution is -2.32. The van der Waals surface area contributed by atoms with Gasteiger partial charge in [-0.2, -0.15) is 0 Å². The van der Waals surface area contributed by atoms with Crippen LogP contribution in [0.5, 0.6) is 0 Å². The summed E-state index contributed by atoms with van der Waals surface area (Å²) in [7, 11) is 0. The maximum Gasteiger partial charge on any atom is 0.248 e. The molecule has 1 amide bonds. The summed E-state index contributed by atoms with van der Waals surface area (Å²) in [5.41, 5.74) is 6.51. The van der Waals surface area contributed by atoms with E-state index < -0.39 is 5.91 Å². The Kier molecular flexibility index (Phi) is 3.33. The van der Waals surface area contributed by atoms with Crippen LogP contribution >= 0.6 is 15.9 Å². The predicted octanol–water partition coefficient (Wildman–Crippen LogP) is 1.31. The monoisotopic (exact) mass is 296 g/mol. The van der Waals surface area contributed by atoms with Crippen molar-refractivity contribution in [2.75, 3.05) is 11.9 Å². The summed E-state index contributed by atoms with van der Waals surface area (Å²) in [6.45, 7) is 2.82. The summed E-state index contributed by atoms with van der Waals surface area (Å²) in [5, 5.41) is 6.34. The van der Waals surface area contributed by atoms with Crippen molar-refractivity contribution in [1.82, 2.24) is 5.32 Å². The molecule has 0 fully saturated rings. The highest BCUT2D eigenvalue weighted by Crippen LogP contribution is 2.23. The Hall–Kier alpha value is -1.56. The standard InChI is InChI=1S/C11H13BrN4O/c1-6-5-14-11(15-6)16-9-3-2-7(10(13)17)4-8(9)12/h2-4,6H,5H2,1H3,(H2,13,17)(H2,14,15,16). The van der Waals surface area contributed by atoms with Gasteiger partial charge < -0.3 is 16.4 Å². The number of benzene rings is 1. The number of rotatable bonds is 2. The summed E-state index contributed by atoms with van der Waals surface area (Å²) < 4.78 is 0.776. The van der Waals surface area contributed by atoms with Crippen molar-refractivity contribution in [3.63, 3.8) is 0 Å². The second-order valence-electron chi connectivity index (χ2n) is 3.92. The van der Waals surface area contributed by atoms with Crippen LogP contribution in [0.2, 0.25) is 0 Å². The van der Waals surface area contributed by atoms with Gasteiger partial charge in [0.1, 0.15) is 0 Å². The highest BCUT2D eigenvalue weighted by Gasteiger charge is 2.13. The number of carbonyl (C=O) groups is 1. The zero-order valence-corrected chi connectivity index (χ0v) is 10.9. The molecule has 6 heteroatoms. The molecule has 0 saturated carbocycles. The minimum absolute atomic E-state index is 0.348. The molecule has 1 aliphatic rings. The lowest BCUT2D eigenvalue weighted by molar-refractivity contribution is 0.100. The molecule has 2 rings (SSSR count). The highest BCUT2D eigenvalue weighted by atomic mass is 79.9. The van der Waals surface area contributed by atoms with E-state index in [0.717, 1.165) is 22.7 Å². The van der Waals surface area contributed by atoms with Gasteiger partial charge in [-0.05, 0) is 41.1 Å². The van der Waals surface area contributed by atoms with Gasteiger partial charge in [-0.3, -0.25) is 9.79 Å². The summed E-state index contributed by atoms with van der Waals surface area (Å²) >= 11 is 3.38. The number of guanidine groups is 1. The minimum atomic E-state index is -0.442. The molecule has 0 aliphatic carbocycles. The van der Waals surface area contributed by atoms with Crippen LogP contribution in [0, 0.1) is 0 Å². The molecular weight excluding hydrogens is 284 g/mol.